The SMILES string of the molecule is O=c1cc(O)nc(-c2ccc(OC(F)F)cc2)[nH]1. The summed E-state index contributed by atoms with van der Waals surface area (Å²) in [5, 5.41) is 9.17. The molecule has 0 amide bonds. The number of halogens is 2. The van der Waals surface area contributed by atoms with Crippen molar-refractivity contribution < 1.29 is 18.6 Å². The lowest BCUT2D eigenvalue weighted by Crippen LogP contribution is -2.06. The highest BCUT2D eigenvalue weighted by Gasteiger charge is 2.06. The number of ether oxygens (including phenoxy) is 1. The largest absolute Gasteiger partial charge is 0.493 e. The predicted octanol–water partition coefficient (Wildman–Crippen LogP) is 1.74. The molecule has 0 fully saturated rings. The van der Waals surface area contributed by atoms with E-state index in [1.54, 1.807) is 0 Å². The Morgan fingerprint density at radius 2 is 1.94 bits per heavy atom. The third kappa shape index (κ3) is 2.82. The summed E-state index contributed by atoms with van der Waals surface area (Å²) in [4.78, 5) is 17.2. The number of hydrogen-bond donors (Lipinski definition) is 2. The maximum atomic E-state index is 11.9. The van der Waals surface area contributed by atoms with Crippen LogP contribution >= 0.6 is 0 Å². The van der Waals surface area contributed by atoms with E-state index >= 15 is 0 Å². The Labute approximate surface area is 99.7 Å². The van der Waals surface area contributed by atoms with Gasteiger partial charge in [-0.15, -0.1) is 0 Å². The monoisotopic (exact) mass is 254 g/mol. The van der Waals surface area contributed by atoms with Gasteiger partial charge in [-0.25, -0.2) is 0 Å². The number of nitrogens with zero attached hydrogens (tertiary/aromatic N) is 1. The van der Waals surface area contributed by atoms with Crippen molar-refractivity contribution in [2.75, 3.05) is 0 Å². The molecule has 0 unspecified atom stereocenters. The van der Waals surface area contributed by atoms with Crippen LogP contribution < -0.4 is 10.3 Å². The minimum atomic E-state index is -2.89. The minimum Gasteiger partial charge on any atom is -0.493 e. The highest BCUT2D eigenvalue weighted by molar-refractivity contribution is 5.56. The van der Waals surface area contributed by atoms with E-state index in [4.69, 9.17) is 0 Å². The molecule has 1 aromatic heterocycles. The molecular formula is C11H8F2N2O3. The number of benzene rings is 1. The molecule has 2 rings (SSSR count). The molecule has 5 nitrogen and oxygen atoms in total. The Morgan fingerprint density at radius 1 is 1.28 bits per heavy atom. The van der Waals surface area contributed by atoms with Crippen LogP contribution in [0.5, 0.6) is 11.6 Å². The summed E-state index contributed by atoms with van der Waals surface area (Å²) in [5.74, 6) is -0.276. The molecule has 1 aromatic carbocycles. The minimum absolute atomic E-state index is 0.00347. The first-order chi connectivity index (χ1) is 8.54. The summed E-state index contributed by atoms with van der Waals surface area (Å²) in [5.41, 5.74) is -0.0463. The normalized spacial score (nSPS) is 10.6. The standard InChI is InChI=1S/C11H8F2N2O3/c12-11(13)18-7-3-1-6(2-4-7)10-14-8(16)5-9(17)15-10/h1-5,11H,(H2,14,15,16,17). The second kappa shape index (κ2) is 4.82. The van der Waals surface area contributed by atoms with Crippen LogP contribution in [0.4, 0.5) is 8.78 Å². The Bertz CT molecular complexity index is 596. The fraction of sp³-hybridized carbons (Fsp3) is 0.0909. The van der Waals surface area contributed by atoms with E-state index in [1.165, 1.54) is 24.3 Å². The van der Waals surface area contributed by atoms with Crippen molar-refractivity contribution in [2.45, 2.75) is 6.61 Å². The molecular weight excluding hydrogens is 246 g/mol. The first-order valence-corrected chi connectivity index (χ1v) is 4.90. The molecule has 0 bridgehead atoms. The van der Waals surface area contributed by atoms with E-state index in [1.807, 2.05) is 0 Å². The molecule has 94 valence electrons. The lowest BCUT2D eigenvalue weighted by Gasteiger charge is -2.05. The fourth-order valence-electron chi connectivity index (χ4n) is 1.38. The van der Waals surface area contributed by atoms with Crippen LogP contribution in [0.25, 0.3) is 11.4 Å². The van der Waals surface area contributed by atoms with Crippen LogP contribution in [0.1, 0.15) is 0 Å². The average molecular weight is 254 g/mol. The Morgan fingerprint density at radius 3 is 2.50 bits per heavy atom. The van der Waals surface area contributed by atoms with Crippen LogP contribution in [0, 0.1) is 0 Å². The summed E-state index contributed by atoms with van der Waals surface area (Å²) < 4.78 is 28.0. The van der Waals surface area contributed by atoms with Gasteiger partial charge >= 0.3 is 6.61 Å². The molecule has 0 aliphatic rings. The molecule has 0 atom stereocenters. The van der Waals surface area contributed by atoms with Crippen molar-refractivity contribution in [3.8, 4) is 23.0 Å². The van der Waals surface area contributed by atoms with E-state index in [9.17, 15) is 18.7 Å². The lowest BCUT2D eigenvalue weighted by atomic mass is 10.2. The van der Waals surface area contributed by atoms with Gasteiger partial charge in [0.05, 0.1) is 6.07 Å². The number of nitrogens with one attached hydrogen (secondary N) is 1. The van der Waals surface area contributed by atoms with Crippen molar-refractivity contribution in [2.24, 2.45) is 0 Å². The van der Waals surface area contributed by atoms with Crippen molar-refractivity contribution in [1.29, 1.82) is 0 Å². The molecule has 0 saturated heterocycles. The van der Waals surface area contributed by atoms with Crippen molar-refractivity contribution in [3.63, 3.8) is 0 Å². The molecule has 7 heteroatoms. The van der Waals surface area contributed by atoms with Gasteiger partial charge in [0.25, 0.3) is 5.56 Å². The first-order valence-electron chi connectivity index (χ1n) is 4.90. The van der Waals surface area contributed by atoms with E-state index in [2.05, 4.69) is 14.7 Å². The molecule has 0 aliphatic heterocycles. The summed E-state index contributed by atoms with van der Waals surface area (Å²) in [6.07, 6.45) is 0. The van der Waals surface area contributed by atoms with Gasteiger partial charge in [0.15, 0.2) is 0 Å². The third-order valence-electron chi connectivity index (χ3n) is 2.08. The number of aromatic amines is 1. The molecule has 2 N–H and O–H groups in total. The highest BCUT2D eigenvalue weighted by Crippen LogP contribution is 2.20. The van der Waals surface area contributed by atoms with Crippen LogP contribution in [-0.4, -0.2) is 21.7 Å². The zero-order valence-corrected chi connectivity index (χ0v) is 8.93. The molecule has 2 aromatic rings. The highest BCUT2D eigenvalue weighted by atomic mass is 19.3. The number of H-pyrrole nitrogens is 1. The van der Waals surface area contributed by atoms with Gasteiger partial charge in [-0.05, 0) is 24.3 Å². The Hall–Kier alpha value is -2.44. The van der Waals surface area contributed by atoms with Crippen molar-refractivity contribution in [1.82, 2.24) is 9.97 Å². The maximum absolute atomic E-state index is 11.9. The molecule has 0 saturated carbocycles. The van der Waals surface area contributed by atoms with E-state index < -0.39 is 18.1 Å². The van der Waals surface area contributed by atoms with Gasteiger partial charge in [0.1, 0.15) is 11.6 Å². The average Bonchev–Trinajstić information content (AvgIpc) is 2.27. The zero-order chi connectivity index (χ0) is 13.1. The number of aromatic hydroxyl groups is 1. The second-order valence-corrected chi connectivity index (χ2v) is 3.36. The van der Waals surface area contributed by atoms with Gasteiger partial charge in [0, 0.05) is 5.56 Å². The molecule has 18 heavy (non-hydrogen) atoms. The van der Waals surface area contributed by atoms with Crippen LogP contribution in [0.15, 0.2) is 35.1 Å². The van der Waals surface area contributed by atoms with Gasteiger partial charge in [-0.3, -0.25) is 4.79 Å². The van der Waals surface area contributed by atoms with Crippen LogP contribution in [0.2, 0.25) is 0 Å². The summed E-state index contributed by atoms with van der Waals surface area (Å²) in [6.45, 7) is -2.89. The van der Waals surface area contributed by atoms with Gasteiger partial charge < -0.3 is 14.8 Å². The number of aromatic nitrogens is 2. The van der Waals surface area contributed by atoms with Gasteiger partial charge in [-0.2, -0.15) is 13.8 Å². The summed E-state index contributed by atoms with van der Waals surface area (Å²) >= 11 is 0. The van der Waals surface area contributed by atoms with Crippen LogP contribution in [0.3, 0.4) is 0 Å². The van der Waals surface area contributed by atoms with E-state index in [0.29, 0.717) is 5.56 Å². The van der Waals surface area contributed by atoms with Crippen LogP contribution in [-0.2, 0) is 0 Å². The molecule has 0 aliphatic carbocycles. The van der Waals surface area contributed by atoms with Crippen molar-refractivity contribution in [3.05, 3.63) is 40.7 Å². The smallest absolute Gasteiger partial charge is 0.387 e. The molecule has 0 radical (unpaired) electrons. The maximum Gasteiger partial charge on any atom is 0.387 e. The number of alkyl halides is 2. The topological polar surface area (TPSA) is 75.2 Å². The number of hydrogen-bond acceptors (Lipinski definition) is 4. The molecule has 0 spiro atoms. The zero-order valence-electron chi connectivity index (χ0n) is 8.93. The fourth-order valence-corrected chi connectivity index (χ4v) is 1.38. The summed E-state index contributed by atoms with van der Waals surface area (Å²) in [6, 6.07) is 6.43. The summed E-state index contributed by atoms with van der Waals surface area (Å²) in [7, 11) is 0. The van der Waals surface area contributed by atoms with Crippen molar-refractivity contribution >= 4 is 0 Å². The lowest BCUT2D eigenvalue weighted by molar-refractivity contribution is -0.0498. The predicted molar refractivity (Wildman–Crippen MR) is 58.6 cm³/mol. The Kier molecular flexibility index (Phi) is 3.22. The Balaban J connectivity index is 2.31. The van der Waals surface area contributed by atoms with Gasteiger partial charge in [-0.1, -0.05) is 0 Å². The second-order valence-electron chi connectivity index (χ2n) is 3.36. The molecule has 1 heterocycles. The number of rotatable bonds is 3. The van der Waals surface area contributed by atoms with E-state index in [-0.39, 0.29) is 11.6 Å². The van der Waals surface area contributed by atoms with Gasteiger partial charge in [0.2, 0.25) is 5.88 Å². The first kappa shape index (κ1) is 12.0. The third-order valence-corrected chi connectivity index (χ3v) is 2.08. The van der Waals surface area contributed by atoms with E-state index in [0.717, 1.165) is 6.07 Å². The quantitative estimate of drug-likeness (QED) is 0.874.